The topological polar surface area (TPSA) is 53.5 Å². The van der Waals surface area contributed by atoms with Crippen LogP contribution in [0.25, 0.3) is 139 Å². The average Bonchev–Trinajstić information content (AvgIpc) is 4.15. The molecule has 0 N–H and O–H groups in total. The molecule has 0 aliphatic carbocycles. The van der Waals surface area contributed by atoms with Crippen molar-refractivity contribution in [1.82, 2.24) is 28.7 Å². The number of benzene rings is 11. The van der Waals surface area contributed by atoms with E-state index >= 15 is 0 Å². The quantitative estimate of drug-likeness (QED) is 0.152. The largest absolute Gasteiger partial charge is 0.309 e. The Bertz CT molecular complexity index is 4510. The summed E-state index contributed by atoms with van der Waals surface area (Å²) >= 11 is 0. The maximum Gasteiger partial charge on any atom is 0.238 e. The third-order valence-corrected chi connectivity index (χ3v) is 14.9. The monoisotopic (exact) mass is 956 g/mol. The molecule has 11 aromatic carbocycles. The first-order valence-corrected chi connectivity index (χ1v) is 25.4. The van der Waals surface area contributed by atoms with Crippen molar-refractivity contribution >= 4 is 65.4 Å². The van der Waals surface area contributed by atoms with Crippen LogP contribution < -0.4 is 0 Å². The van der Waals surface area contributed by atoms with Gasteiger partial charge in [-0.2, -0.15) is 9.97 Å². The fourth-order valence-electron chi connectivity index (χ4n) is 11.5. The normalized spacial score (nSPS) is 11.7. The molecule has 6 nitrogen and oxygen atoms in total. The van der Waals surface area contributed by atoms with Crippen molar-refractivity contribution in [2.45, 2.75) is 0 Å². The number of hydrogen-bond acceptors (Lipinski definition) is 3. The molecule has 0 unspecified atom stereocenters. The summed E-state index contributed by atoms with van der Waals surface area (Å²) < 4.78 is 7.16. The highest BCUT2D eigenvalue weighted by molar-refractivity contribution is 6.24. The van der Waals surface area contributed by atoms with Crippen LogP contribution in [0.3, 0.4) is 0 Å². The zero-order valence-corrected chi connectivity index (χ0v) is 40.6. The van der Waals surface area contributed by atoms with Gasteiger partial charge in [0.05, 0.1) is 38.8 Å². The minimum absolute atomic E-state index is 0.527. The van der Waals surface area contributed by atoms with E-state index < -0.39 is 0 Å². The van der Waals surface area contributed by atoms with Crippen LogP contribution in [0.15, 0.2) is 267 Å². The molecule has 4 heterocycles. The molecule has 0 fully saturated rings. The second kappa shape index (κ2) is 17.3. The van der Waals surface area contributed by atoms with Gasteiger partial charge in [0.25, 0.3) is 0 Å². The predicted octanol–water partition coefficient (Wildman–Crippen LogP) is 17.5. The highest BCUT2D eigenvalue weighted by Gasteiger charge is 2.25. The summed E-state index contributed by atoms with van der Waals surface area (Å²) in [5, 5.41) is 6.91. The predicted molar refractivity (Wildman–Crippen MR) is 310 cm³/mol. The summed E-state index contributed by atoms with van der Waals surface area (Å²) in [6.45, 7) is 0. The van der Waals surface area contributed by atoms with Gasteiger partial charge >= 0.3 is 0 Å². The van der Waals surface area contributed by atoms with E-state index in [-0.39, 0.29) is 0 Å². The summed E-state index contributed by atoms with van der Waals surface area (Å²) in [5.41, 5.74) is 17.2. The summed E-state index contributed by atoms with van der Waals surface area (Å²) in [6.07, 6.45) is 0. The van der Waals surface area contributed by atoms with Crippen molar-refractivity contribution in [2.75, 3.05) is 0 Å². The molecule has 15 aromatic rings. The molecule has 4 aromatic heterocycles. The van der Waals surface area contributed by atoms with Crippen LogP contribution in [0.5, 0.6) is 0 Å². The highest BCUT2D eigenvalue weighted by Crippen LogP contribution is 2.44. The molecular formula is C69H44N6. The van der Waals surface area contributed by atoms with Crippen molar-refractivity contribution in [3.8, 4) is 73.5 Å². The minimum atomic E-state index is 0.527. The molecule has 15 rings (SSSR count). The Morgan fingerprint density at radius 1 is 0.240 bits per heavy atom. The molecule has 0 saturated heterocycles. The Balaban J connectivity index is 1.05. The van der Waals surface area contributed by atoms with E-state index in [1.165, 1.54) is 10.8 Å². The van der Waals surface area contributed by atoms with Gasteiger partial charge in [0.15, 0.2) is 11.6 Å². The van der Waals surface area contributed by atoms with Gasteiger partial charge < -0.3 is 9.13 Å². The number of aromatic nitrogens is 6. The van der Waals surface area contributed by atoms with Crippen LogP contribution in [0.2, 0.25) is 0 Å². The molecule has 0 amide bonds. The third kappa shape index (κ3) is 6.92. The summed E-state index contributed by atoms with van der Waals surface area (Å²) in [7, 11) is 0. The minimum Gasteiger partial charge on any atom is -0.309 e. The Morgan fingerprint density at radius 2 is 0.640 bits per heavy atom. The van der Waals surface area contributed by atoms with Gasteiger partial charge in [-0.15, -0.1) is 0 Å². The Hall–Kier alpha value is -10.2. The van der Waals surface area contributed by atoms with Gasteiger partial charge in [-0.1, -0.05) is 224 Å². The van der Waals surface area contributed by atoms with Crippen molar-refractivity contribution in [3.05, 3.63) is 267 Å². The van der Waals surface area contributed by atoms with Gasteiger partial charge in [0.1, 0.15) is 0 Å². The lowest BCUT2D eigenvalue weighted by atomic mass is 10.0. The number of nitrogens with zero attached hydrogens (tertiary/aromatic N) is 6. The molecule has 75 heavy (non-hydrogen) atoms. The van der Waals surface area contributed by atoms with E-state index in [1.807, 2.05) is 12.1 Å². The second-order valence-corrected chi connectivity index (χ2v) is 19.2. The molecule has 0 aliphatic heterocycles. The number of para-hydroxylation sites is 4. The fourth-order valence-corrected chi connectivity index (χ4v) is 11.5. The maximum atomic E-state index is 5.55. The van der Waals surface area contributed by atoms with Gasteiger partial charge in [-0.3, -0.25) is 4.57 Å². The van der Waals surface area contributed by atoms with Crippen LogP contribution >= 0.6 is 0 Å². The molecule has 0 saturated carbocycles. The van der Waals surface area contributed by atoms with E-state index in [0.717, 1.165) is 111 Å². The van der Waals surface area contributed by atoms with Crippen LogP contribution in [0.1, 0.15) is 0 Å². The van der Waals surface area contributed by atoms with Gasteiger partial charge in [-0.05, 0) is 70.3 Å². The van der Waals surface area contributed by atoms with E-state index in [2.05, 4.69) is 268 Å². The van der Waals surface area contributed by atoms with Crippen molar-refractivity contribution in [3.63, 3.8) is 0 Å². The zero-order valence-electron chi connectivity index (χ0n) is 40.6. The molecule has 350 valence electrons. The standard InChI is InChI=1S/C69H44N6/c1-4-18-45(19-5-1)47-32-36-50(37-33-47)67-70-68(51-38-34-48(35-39-51)46-20-6-2-7-21-46)72-69(71-67)75-64-43-40-52(73-61-29-15-11-25-54(61)55-26-12-16-30-62(55)73)44-59(64)58-42-41-57-56-27-13-17-31-63(56)74(65(57)66(58)75)60-28-14-10-24-53(60)49-22-8-3-9-23-49/h1-44H. The summed E-state index contributed by atoms with van der Waals surface area (Å²) in [6, 6.07) is 95.2. The molecule has 6 heteroatoms. The molecular weight excluding hydrogens is 913 g/mol. The first-order valence-electron chi connectivity index (χ1n) is 25.4. The van der Waals surface area contributed by atoms with Crippen molar-refractivity contribution in [1.29, 1.82) is 0 Å². The second-order valence-electron chi connectivity index (χ2n) is 19.2. The number of rotatable bonds is 8. The van der Waals surface area contributed by atoms with Crippen molar-refractivity contribution < 1.29 is 0 Å². The van der Waals surface area contributed by atoms with Crippen LogP contribution in [0.4, 0.5) is 0 Å². The average molecular weight is 957 g/mol. The lowest BCUT2D eigenvalue weighted by Crippen LogP contribution is -2.07. The van der Waals surface area contributed by atoms with E-state index in [0.29, 0.717) is 17.6 Å². The fraction of sp³-hybridized carbons (Fsp3) is 0. The van der Waals surface area contributed by atoms with E-state index in [9.17, 15) is 0 Å². The lowest BCUT2D eigenvalue weighted by molar-refractivity contribution is 0.953. The molecule has 0 radical (unpaired) electrons. The van der Waals surface area contributed by atoms with Gasteiger partial charge in [-0.25, -0.2) is 4.98 Å². The van der Waals surface area contributed by atoms with Crippen LogP contribution in [0, 0.1) is 0 Å². The maximum absolute atomic E-state index is 5.55. The summed E-state index contributed by atoms with van der Waals surface area (Å²) in [5.74, 6) is 1.70. The smallest absolute Gasteiger partial charge is 0.238 e. The summed E-state index contributed by atoms with van der Waals surface area (Å²) in [4.78, 5) is 16.4. The lowest BCUT2D eigenvalue weighted by Gasteiger charge is -2.16. The van der Waals surface area contributed by atoms with Crippen LogP contribution in [-0.2, 0) is 0 Å². The highest BCUT2D eigenvalue weighted by atomic mass is 15.2. The number of hydrogen-bond donors (Lipinski definition) is 0. The first kappa shape index (κ1) is 42.5. The van der Waals surface area contributed by atoms with Crippen LogP contribution in [-0.4, -0.2) is 28.7 Å². The molecule has 0 aliphatic rings. The SMILES string of the molecule is c1ccc(-c2ccc(-c3nc(-c4ccc(-c5ccccc5)cc4)nc(-n4c5ccc(-n6c7ccccc7c7ccccc76)cc5c5ccc6c7ccccc7n(-c7ccccc7-c7ccccc7)c6c54)n3)cc2)cc1. The molecule has 0 bridgehead atoms. The number of fused-ring (bicyclic) bond motifs is 10. The molecule has 0 atom stereocenters. The van der Waals surface area contributed by atoms with E-state index in [1.54, 1.807) is 0 Å². The Morgan fingerprint density at radius 3 is 1.20 bits per heavy atom. The van der Waals surface area contributed by atoms with Gasteiger partial charge in [0, 0.05) is 54.7 Å². The zero-order chi connectivity index (χ0) is 49.4. The first-order chi connectivity index (χ1) is 37.2. The Kier molecular flexibility index (Phi) is 9.78. The van der Waals surface area contributed by atoms with Crippen molar-refractivity contribution in [2.24, 2.45) is 0 Å². The van der Waals surface area contributed by atoms with Gasteiger partial charge in [0.2, 0.25) is 5.95 Å². The Labute approximate surface area is 432 Å². The third-order valence-electron chi connectivity index (χ3n) is 14.9. The molecule has 0 spiro atoms. The van der Waals surface area contributed by atoms with E-state index in [4.69, 9.17) is 15.0 Å².